The highest BCUT2D eigenvalue weighted by atomic mass is 79.9. The lowest BCUT2D eigenvalue weighted by atomic mass is 10.0. The van der Waals surface area contributed by atoms with Crippen LogP contribution in [0.5, 0.6) is 0 Å². The molecule has 0 saturated heterocycles. The van der Waals surface area contributed by atoms with Gasteiger partial charge in [-0.2, -0.15) is 0 Å². The Morgan fingerprint density at radius 3 is 2.80 bits per heavy atom. The Hall–Kier alpha value is -0.900. The third kappa shape index (κ3) is 2.04. The van der Waals surface area contributed by atoms with Crippen LogP contribution in [0.2, 0.25) is 0 Å². The number of carbonyl (C=O) groups excluding carboxylic acids is 1. The van der Waals surface area contributed by atoms with Gasteiger partial charge in [-0.15, -0.1) is 0 Å². The molecule has 0 aliphatic carbocycles. The second-order valence-corrected chi connectivity index (χ2v) is 4.64. The zero-order valence-electron chi connectivity index (χ0n) is 8.39. The van der Waals surface area contributed by atoms with Crippen molar-refractivity contribution in [1.29, 1.82) is 0 Å². The number of amides is 1. The van der Waals surface area contributed by atoms with Gasteiger partial charge in [0.1, 0.15) is 5.82 Å². The predicted molar refractivity (Wildman–Crippen MR) is 58.9 cm³/mol. The Labute approximate surface area is 96.2 Å². The van der Waals surface area contributed by atoms with Crippen molar-refractivity contribution >= 4 is 21.8 Å². The van der Waals surface area contributed by atoms with Crippen LogP contribution in [0.4, 0.5) is 4.39 Å². The molecule has 1 aliphatic rings. The highest BCUT2D eigenvalue weighted by Gasteiger charge is 2.18. The monoisotopic (exact) mass is 271 g/mol. The van der Waals surface area contributed by atoms with E-state index >= 15 is 0 Å². The summed E-state index contributed by atoms with van der Waals surface area (Å²) in [5, 5.41) is 0. The predicted octanol–water partition coefficient (Wildman–Crippen LogP) is 2.49. The molecular formula is C11H11BrFNO. The summed E-state index contributed by atoms with van der Waals surface area (Å²) in [4.78, 5) is 13.1. The number of hydrogen-bond acceptors (Lipinski definition) is 1. The first-order valence-corrected chi connectivity index (χ1v) is 5.58. The number of carbonyl (C=O) groups is 1. The van der Waals surface area contributed by atoms with Gasteiger partial charge in [0.2, 0.25) is 5.91 Å². The average Bonchev–Trinajstić information content (AvgIpc) is 2.31. The lowest BCUT2D eigenvalue weighted by molar-refractivity contribution is -0.130. The summed E-state index contributed by atoms with van der Waals surface area (Å²) in [6.45, 7) is 0.498. The van der Waals surface area contributed by atoms with Crippen LogP contribution in [0.3, 0.4) is 0 Å². The molecule has 0 aromatic heterocycles. The summed E-state index contributed by atoms with van der Waals surface area (Å²) in [6.07, 6.45) is 1.19. The Morgan fingerprint density at radius 1 is 1.33 bits per heavy atom. The van der Waals surface area contributed by atoms with Gasteiger partial charge in [0.05, 0.1) is 4.47 Å². The Bertz CT molecular complexity index is 419. The molecule has 1 heterocycles. The van der Waals surface area contributed by atoms with E-state index in [-0.39, 0.29) is 11.7 Å². The number of halogens is 2. The van der Waals surface area contributed by atoms with Gasteiger partial charge in [-0.25, -0.2) is 4.39 Å². The van der Waals surface area contributed by atoms with E-state index in [1.807, 2.05) is 0 Å². The van der Waals surface area contributed by atoms with E-state index in [2.05, 4.69) is 15.9 Å². The van der Waals surface area contributed by atoms with Gasteiger partial charge >= 0.3 is 0 Å². The van der Waals surface area contributed by atoms with Gasteiger partial charge < -0.3 is 4.90 Å². The molecule has 4 heteroatoms. The van der Waals surface area contributed by atoms with Crippen molar-refractivity contribution in [2.24, 2.45) is 0 Å². The van der Waals surface area contributed by atoms with Crippen LogP contribution in [-0.2, 0) is 17.8 Å². The molecule has 1 aromatic rings. The summed E-state index contributed by atoms with van der Waals surface area (Å²) in [5.74, 6) is -0.153. The maximum absolute atomic E-state index is 13.3. The molecule has 1 aromatic carbocycles. The summed E-state index contributed by atoms with van der Waals surface area (Å²) < 4.78 is 13.8. The molecule has 2 nitrogen and oxygen atoms in total. The van der Waals surface area contributed by atoms with Crippen molar-refractivity contribution in [2.75, 3.05) is 7.05 Å². The van der Waals surface area contributed by atoms with Crippen LogP contribution in [0.1, 0.15) is 17.5 Å². The van der Waals surface area contributed by atoms with E-state index in [9.17, 15) is 9.18 Å². The summed E-state index contributed by atoms with van der Waals surface area (Å²) >= 11 is 3.16. The molecular weight excluding hydrogens is 261 g/mol. The lowest BCUT2D eigenvalue weighted by Crippen LogP contribution is -2.24. The normalized spacial score (nSPS) is 16.2. The first kappa shape index (κ1) is 10.6. The molecule has 0 N–H and O–H groups in total. The highest BCUT2D eigenvalue weighted by molar-refractivity contribution is 9.10. The van der Waals surface area contributed by atoms with Crippen LogP contribution in [0, 0.1) is 5.82 Å². The molecule has 0 atom stereocenters. The quantitative estimate of drug-likeness (QED) is 0.710. The second-order valence-electron chi connectivity index (χ2n) is 3.78. The van der Waals surface area contributed by atoms with Crippen molar-refractivity contribution in [1.82, 2.24) is 4.90 Å². The molecule has 1 amide bonds. The summed E-state index contributed by atoms with van der Waals surface area (Å²) in [6, 6.07) is 3.28. The smallest absolute Gasteiger partial charge is 0.222 e. The standard InChI is InChI=1S/C11H11BrFNO/c1-14-6-8-5-10(13)9(12)4-7(8)2-3-11(14)15/h4-5H,2-3,6H2,1H3. The van der Waals surface area contributed by atoms with Crippen molar-refractivity contribution in [3.05, 3.63) is 33.5 Å². The maximum atomic E-state index is 13.3. The molecule has 0 saturated carbocycles. The molecule has 0 spiro atoms. The van der Waals surface area contributed by atoms with E-state index in [4.69, 9.17) is 0 Å². The Morgan fingerprint density at radius 2 is 2.07 bits per heavy atom. The maximum Gasteiger partial charge on any atom is 0.222 e. The number of aryl methyl sites for hydroxylation is 1. The highest BCUT2D eigenvalue weighted by Crippen LogP contribution is 2.25. The molecule has 80 valence electrons. The van der Waals surface area contributed by atoms with E-state index in [0.717, 1.165) is 11.1 Å². The first-order chi connectivity index (χ1) is 7.08. The minimum absolute atomic E-state index is 0.114. The van der Waals surface area contributed by atoms with Crippen LogP contribution in [0.15, 0.2) is 16.6 Å². The Kier molecular flexibility index (Phi) is 2.78. The zero-order chi connectivity index (χ0) is 11.0. The molecule has 2 rings (SSSR count). The molecule has 0 unspecified atom stereocenters. The van der Waals surface area contributed by atoms with Crippen LogP contribution < -0.4 is 0 Å². The fourth-order valence-corrected chi connectivity index (χ4v) is 2.18. The van der Waals surface area contributed by atoms with Crippen LogP contribution >= 0.6 is 15.9 Å². The molecule has 1 aliphatic heterocycles. The summed E-state index contributed by atoms with van der Waals surface area (Å²) in [5.41, 5.74) is 1.96. The fraction of sp³-hybridized carbons (Fsp3) is 0.364. The van der Waals surface area contributed by atoms with Crippen LogP contribution in [-0.4, -0.2) is 17.9 Å². The van der Waals surface area contributed by atoms with Crippen molar-refractivity contribution < 1.29 is 9.18 Å². The van der Waals surface area contributed by atoms with Gasteiger partial charge in [-0.1, -0.05) is 0 Å². The van der Waals surface area contributed by atoms with Gasteiger partial charge in [-0.3, -0.25) is 4.79 Å². The number of hydrogen-bond donors (Lipinski definition) is 0. The van der Waals surface area contributed by atoms with E-state index in [0.29, 0.717) is 23.9 Å². The van der Waals surface area contributed by atoms with E-state index in [1.165, 1.54) is 6.07 Å². The van der Waals surface area contributed by atoms with Gasteiger partial charge in [0.25, 0.3) is 0 Å². The Balaban J connectivity index is 2.43. The zero-order valence-corrected chi connectivity index (χ0v) is 9.97. The van der Waals surface area contributed by atoms with Gasteiger partial charge in [0.15, 0.2) is 0 Å². The molecule has 15 heavy (non-hydrogen) atoms. The molecule has 0 fully saturated rings. The molecule has 0 bridgehead atoms. The van der Waals surface area contributed by atoms with E-state index in [1.54, 1.807) is 18.0 Å². The minimum Gasteiger partial charge on any atom is -0.341 e. The first-order valence-electron chi connectivity index (χ1n) is 4.78. The fourth-order valence-electron chi connectivity index (χ4n) is 1.79. The summed E-state index contributed by atoms with van der Waals surface area (Å²) in [7, 11) is 1.75. The van der Waals surface area contributed by atoms with Crippen molar-refractivity contribution in [3.8, 4) is 0 Å². The number of benzene rings is 1. The van der Waals surface area contributed by atoms with E-state index < -0.39 is 0 Å². The number of rotatable bonds is 0. The van der Waals surface area contributed by atoms with Crippen molar-refractivity contribution in [2.45, 2.75) is 19.4 Å². The average molecular weight is 272 g/mol. The SMILES string of the molecule is CN1Cc2cc(F)c(Br)cc2CCC1=O. The minimum atomic E-state index is -0.267. The van der Waals surface area contributed by atoms with Crippen LogP contribution in [0.25, 0.3) is 0 Å². The van der Waals surface area contributed by atoms with Gasteiger partial charge in [-0.05, 0) is 45.6 Å². The number of nitrogens with zero attached hydrogens (tertiary/aromatic N) is 1. The topological polar surface area (TPSA) is 20.3 Å². The number of fused-ring (bicyclic) bond motifs is 1. The largest absolute Gasteiger partial charge is 0.341 e. The van der Waals surface area contributed by atoms with Crippen molar-refractivity contribution in [3.63, 3.8) is 0 Å². The lowest BCUT2D eigenvalue weighted by Gasteiger charge is -2.14. The van der Waals surface area contributed by atoms with Gasteiger partial charge in [0, 0.05) is 20.0 Å². The third-order valence-electron chi connectivity index (χ3n) is 2.68. The second kappa shape index (κ2) is 3.93. The third-order valence-corrected chi connectivity index (χ3v) is 3.29. The molecule has 0 radical (unpaired) electrons.